The summed E-state index contributed by atoms with van der Waals surface area (Å²) in [7, 11) is 0. The normalized spacial score (nSPS) is 11.6. The van der Waals surface area contributed by atoms with Gasteiger partial charge in [-0.3, -0.25) is 0 Å². The van der Waals surface area contributed by atoms with Crippen LogP contribution in [0.2, 0.25) is 0 Å². The van der Waals surface area contributed by atoms with E-state index in [0.29, 0.717) is 0 Å². The molecule has 1 aromatic carbocycles. The number of hydrogen-bond donors (Lipinski definition) is 0. The van der Waals surface area contributed by atoms with Gasteiger partial charge in [-0.05, 0) is 48.5 Å². The molecule has 0 bridgehead atoms. The van der Waals surface area contributed by atoms with Gasteiger partial charge in [-0.15, -0.1) is 0 Å². The molecule has 0 N–H and O–H groups in total. The topological polar surface area (TPSA) is 34.6 Å². The quantitative estimate of drug-likeness (QED) is 0.410. The Hall–Kier alpha value is -3.92. The van der Waals surface area contributed by atoms with E-state index in [9.17, 15) is 0 Å². The lowest BCUT2D eigenvalue weighted by Gasteiger charge is -2.10. The first-order valence-electron chi connectivity index (χ1n) is 9.27. The number of benzene rings is 1. The standard InChI is InChI=1S/C24H16N4/c1-2-8-20-19(7-1)25-23(17-11-15-27-13-5-3-9-21(17)27)24(26-20)18-12-16-28-14-6-4-10-22(18)28/h1-16H. The molecule has 6 rings (SSSR count). The summed E-state index contributed by atoms with van der Waals surface area (Å²) in [5, 5.41) is 0. The molecule has 0 atom stereocenters. The van der Waals surface area contributed by atoms with Gasteiger partial charge in [-0.1, -0.05) is 24.3 Å². The van der Waals surface area contributed by atoms with Crippen molar-refractivity contribution in [2.24, 2.45) is 0 Å². The molecule has 5 aromatic heterocycles. The summed E-state index contributed by atoms with van der Waals surface area (Å²) in [5.74, 6) is 0. The van der Waals surface area contributed by atoms with E-state index < -0.39 is 0 Å². The molecule has 0 aliphatic rings. The summed E-state index contributed by atoms with van der Waals surface area (Å²) < 4.78 is 4.24. The summed E-state index contributed by atoms with van der Waals surface area (Å²) in [6.07, 6.45) is 8.26. The Bertz CT molecular complexity index is 1360. The van der Waals surface area contributed by atoms with Crippen LogP contribution in [0.3, 0.4) is 0 Å². The largest absolute Gasteiger partial charge is 0.323 e. The van der Waals surface area contributed by atoms with Gasteiger partial charge >= 0.3 is 0 Å². The zero-order chi connectivity index (χ0) is 18.5. The number of rotatable bonds is 2. The van der Waals surface area contributed by atoms with Gasteiger partial charge in [0.15, 0.2) is 0 Å². The molecule has 0 fully saturated rings. The van der Waals surface area contributed by atoms with Crippen molar-refractivity contribution in [2.75, 3.05) is 0 Å². The lowest BCUT2D eigenvalue weighted by Crippen LogP contribution is -1.95. The van der Waals surface area contributed by atoms with Crippen LogP contribution in [0.5, 0.6) is 0 Å². The van der Waals surface area contributed by atoms with Gasteiger partial charge in [0.2, 0.25) is 0 Å². The van der Waals surface area contributed by atoms with Gasteiger partial charge in [0.05, 0.1) is 33.5 Å². The van der Waals surface area contributed by atoms with Crippen LogP contribution in [0, 0.1) is 0 Å². The van der Waals surface area contributed by atoms with E-state index in [1.54, 1.807) is 0 Å². The predicted molar refractivity (Wildman–Crippen MR) is 112 cm³/mol. The van der Waals surface area contributed by atoms with Crippen molar-refractivity contribution < 1.29 is 0 Å². The SMILES string of the molecule is c1ccc2nc(-c3ccn4ccccc34)c(-c3ccn4ccccc34)nc2c1. The average molecular weight is 360 g/mol. The molecule has 0 saturated heterocycles. The molecule has 0 radical (unpaired) electrons. The Balaban J connectivity index is 1.73. The number of fused-ring (bicyclic) bond motifs is 3. The molecule has 4 heteroatoms. The minimum absolute atomic E-state index is 0.903. The van der Waals surface area contributed by atoms with Crippen LogP contribution < -0.4 is 0 Å². The lowest BCUT2D eigenvalue weighted by atomic mass is 10.0. The van der Waals surface area contributed by atoms with Crippen molar-refractivity contribution in [3.63, 3.8) is 0 Å². The number of nitrogens with zero attached hydrogens (tertiary/aromatic N) is 4. The summed E-state index contributed by atoms with van der Waals surface area (Å²) in [6.45, 7) is 0. The second-order valence-electron chi connectivity index (χ2n) is 6.85. The first-order chi connectivity index (χ1) is 13.9. The minimum Gasteiger partial charge on any atom is -0.323 e. The van der Waals surface area contributed by atoms with Crippen molar-refractivity contribution in [3.05, 3.63) is 97.6 Å². The van der Waals surface area contributed by atoms with Gasteiger partial charge in [-0.25, -0.2) is 9.97 Å². The van der Waals surface area contributed by atoms with Crippen LogP contribution in [0.25, 0.3) is 44.6 Å². The van der Waals surface area contributed by atoms with Crippen LogP contribution >= 0.6 is 0 Å². The zero-order valence-corrected chi connectivity index (χ0v) is 15.0. The summed E-state index contributed by atoms with van der Waals surface area (Å²) in [6, 6.07) is 24.7. The molecule has 0 amide bonds. The monoisotopic (exact) mass is 360 g/mol. The van der Waals surface area contributed by atoms with E-state index >= 15 is 0 Å². The Morgan fingerprint density at radius 1 is 0.464 bits per heavy atom. The first kappa shape index (κ1) is 15.2. The molecule has 6 aromatic rings. The maximum absolute atomic E-state index is 5.05. The third-order valence-corrected chi connectivity index (χ3v) is 5.22. The molecular weight excluding hydrogens is 344 g/mol. The third-order valence-electron chi connectivity index (χ3n) is 5.22. The number of pyridine rings is 2. The molecule has 0 saturated carbocycles. The molecule has 28 heavy (non-hydrogen) atoms. The van der Waals surface area contributed by atoms with Crippen LogP contribution in [-0.2, 0) is 0 Å². The smallest absolute Gasteiger partial charge is 0.0995 e. The Labute approximate surface area is 161 Å². The van der Waals surface area contributed by atoms with Gasteiger partial charge in [0.25, 0.3) is 0 Å². The second-order valence-corrected chi connectivity index (χ2v) is 6.85. The molecular formula is C24H16N4. The van der Waals surface area contributed by atoms with Crippen molar-refractivity contribution in [3.8, 4) is 22.5 Å². The van der Waals surface area contributed by atoms with E-state index in [0.717, 1.165) is 44.6 Å². The Morgan fingerprint density at radius 2 is 0.929 bits per heavy atom. The van der Waals surface area contributed by atoms with Crippen LogP contribution in [0.15, 0.2) is 97.6 Å². The van der Waals surface area contributed by atoms with Gasteiger partial charge in [0, 0.05) is 35.9 Å². The summed E-state index contributed by atoms with van der Waals surface area (Å²) >= 11 is 0. The van der Waals surface area contributed by atoms with E-state index in [2.05, 4.69) is 70.0 Å². The second kappa shape index (κ2) is 5.79. The fraction of sp³-hybridized carbons (Fsp3) is 0. The molecule has 132 valence electrons. The Kier molecular flexibility index (Phi) is 3.14. The van der Waals surface area contributed by atoms with Crippen LogP contribution in [0.1, 0.15) is 0 Å². The third kappa shape index (κ3) is 2.18. The zero-order valence-electron chi connectivity index (χ0n) is 15.0. The number of aromatic nitrogens is 4. The van der Waals surface area contributed by atoms with Crippen LogP contribution in [-0.4, -0.2) is 18.8 Å². The van der Waals surface area contributed by atoms with E-state index in [1.807, 2.05) is 36.4 Å². The number of hydrogen-bond acceptors (Lipinski definition) is 2. The van der Waals surface area contributed by atoms with Gasteiger partial charge < -0.3 is 8.80 Å². The average Bonchev–Trinajstić information content (AvgIpc) is 3.37. The van der Waals surface area contributed by atoms with E-state index in [-0.39, 0.29) is 0 Å². The molecule has 0 spiro atoms. The molecule has 5 heterocycles. The highest BCUT2D eigenvalue weighted by Gasteiger charge is 2.18. The summed E-state index contributed by atoms with van der Waals surface area (Å²) in [5.41, 5.74) is 8.04. The van der Waals surface area contributed by atoms with Gasteiger partial charge in [0.1, 0.15) is 0 Å². The van der Waals surface area contributed by atoms with Crippen molar-refractivity contribution in [2.45, 2.75) is 0 Å². The number of para-hydroxylation sites is 2. The van der Waals surface area contributed by atoms with E-state index in [4.69, 9.17) is 9.97 Å². The molecule has 0 unspecified atom stereocenters. The first-order valence-corrected chi connectivity index (χ1v) is 9.27. The van der Waals surface area contributed by atoms with Gasteiger partial charge in [-0.2, -0.15) is 0 Å². The fourth-order valence-corrected chi connectivity index (χ4v) is 3.89. The minimum atomic E-state index is 0.903. The maximum Gasteiger partial charge on any atom is 0.0995 e. The maximum atomic E-state index is 5.05. The highest BCUT2D eigenvalue weighted by Crippen LogP contribution is 2.35. The lowest BCUT2D eigenvalue weighted by molar-refractivity contribution is 1.20. The van der Waals surface area contributed by atoms with Crippen molar-refractivity contribution >= 4 is 22.1 Å². The molecule has 0 aliphatic carbocycles. The highest BCUT2D eigenvalue weighted by molar-refractivity contribution is 5.95. The summed E-state index contributed by atoms with van der Waals surface area (Å²) in [4.78, 5) is 10.1. The highest BCUT2D eigenvalue weighted by atomic mass is 14.9. The van der Waals surface area contributed by atoms with Crippen molar-refractivity contribution in [1.82, 2.24) is 18.8 Å². The molecule has 4 nitrogen and oxygen atoms in total. The Morgan fingerprint density at radius 3 is 1.43 bits per heavy atom. The fourth-order valence-electron chi connectivity index (χ4n) is 3.89. The van der Waals surface area contributed by atoms with E-state index in [1.165, 1.54) is 0 Å². The van der Waals surface area contributed by atoms with Crippen LogP contribution in [0.4, 0.5) is 0 Å². The van der Waals surface area contributed by atoms with Crippen molar-refractivity contribution in [1.29, 1.82) is 0 Å². The molecule has 0 aliphatic heterocycles. The predicted octanol–water partition coefficient (Wildman–Crippen LogP) is 5.47.